The quantitative estimate of drug-likeness (QED) is 0.279. The highest BCUT2D eigenvalue weighted by atomic mass is 14.7. The van der Waals surface area contributed by atoms with Crippen molar-refractivity contribution in [3.05, 3.63) is 120 Å². The van der Waals surface area contributed by atoms with E-state index in [-0.39, 0.29) is 5.41 Å². The van der Waals surface area contributed by atoms with Crippen LogP contribution >= 0.6 is 0 Å². The third-order valence-electron chi connectivity index (χ3n) is 7.63. The number of aromatic nitrogens is 1. The van der Waals surface area contributed by atoms with Gasteiger partial charge in [0.1, 0.15) is 0 Å². The number of benzene rings is 5. The molecule has 5 aromatic carbocycles. The van der Waals surface area contributed by atoms with E-state index >= 15 is 0 Å². The summed E-state index contributed by atoms with van der Waals surface area (Å²) in [6.45, 7) is 4.68. The SMILES string of the molecule is CC1(C)c2ccccc2-c2c(-c3cccc(-c4cccc5c4[nH]c4ccccc45)c3)cccc21. The molecule has 162 valence electrons. The molecule has 7 rings (SSSR count). The summed E-state index contributed by atoms with van der Waals surface area (Å²) in [6, 6.07) is 39.9. The summed E-state index contributed by atoms with van der Waals surface area (Å²) in [5.74, 6) is 0. The maximum absolute atomic E-state index is 3.67. The zero-order chi connectivity index (χ0) is 22.9. The number of para-hydroxylation sites is 2. The minimum absolute atomic E-state index is 0.00942. The Labute approximate surface area is 199 Å². The minimum Gasteiger partial charge on any atom is -0.354 e. The fourth-order valence-electron chi connectivity index (χ4n) is 5.96. The van der Waals surface area contributed by atoms with Crippen LogP contribution in [0.2, 0.25) is 0 Å². The van der Waals surface area contributed by atoms with Crippen molar-refractivity contribution in [2.24, 2.45) is 0 Å². The van der Waals surface area contributed by atoms with Gasteiger partial charge in [0.05, 0.1) is 5.52 Å². The van der Waals surface area contributed by atoms with Gasteiger partial charge in [-0.3, -0.25) is 0 Å². The Morgan fingerprint density at radius 3 is 2.06 bits per heavy atom. The van der Waals surface area contributed by atoms with Crippen molar-refractivity contribution in [2.45, 2.75) is 19.3 Å². The van der Waals surface area contributed by atoms with Gasteiger partial charge in [0, 0.05) is 27.3 Å². The topological polar surface area (TPSA) is 15.8 Å². The molecule has 0 saturated carbocycles. The largest absolute Gasteiger partial charge is 0.354 e. The lowest BCUT2D eigenvalue weighted by atomic mass is 9.82. The Bertz CT molecular complexity index is 1730. The van der Waals surface area contributed by atoms with Crippen molar-refractivity contribution in [1.82, 2.24) is 4.98 Å². The molecule has 6 aromatic rings. The van der Waals surface area contributed by atoms with Crippen LogP contribution in [0.5, 0.6) is 0 Å². The summed E-state index contributed by atoms with van der Waals surface area (Å²) >= 11 is 0. The van der Waals surface area contributed by atoms with Crippen molar-refractivity contribution in [1.29, 1.82) is 0 Å². The first-order valence-electron chi connectivity index (χ1n) is 12.0. The van der Waals surface area contributed by atoms with E-state index in [4.69, 9.17) is 0 Å². The first kappa shape index (κ1) is 19.4. The van der Waals surface area contributed by atoms with Gasteiger partial charge in [-0.15, -0.1) is 0 Å². The molecular formula is C33H25N. The molecular weight excluding hydrogens is 410 g/mol. The number of rotatable bonds is 2. The molecule has 0 amide bonds. The fraction of sp³-hybridized carbons (Fsp3) is 0.0909. The van der Waals surface area contributed by atoms with Crippen molar-refractivity contribution >= 4 is 21.8 Å². The van der Waals surface area contributed by atoms with E-state index in [0.717, 1.165) is 0 Å². The van der Waals surface area contributed by atoms with Crippen molar-refractivity contribution < 1.29 is 0 Å². The average Bonchev–Trinajstić information content (AvgIpc) is 3.37. The Morgan fingerprint density at radius 2 is 1.15 bits per heavy atom. The minimum atomic E-state index is 0.00942. The molecule has 0 unspecified atom stereocenters. The molecule has 0 spiro atoms. The van der Waals surface area contributed by atoms with Gasteiger partial charge in [-0.1, -0.05) is 111 Å². The van der Waals surface area contributed by atoms with E-state index in [0.29, 0.717) is 0 Å². The molecule has 34 heavy (non-hydrogen) atoms. The van der Waals surface area contributed by atoms with Gasteiger partial charge >= 0.3 is 0 Å². The molecule has 1 aliphatic rings. The van der Waals surface area contributed by atoms with Gasteiger partial charge in [-0.05, 0) is 51.1 Å². The number of hydrogen-bond acceptors (Lipinski definition) is 0. The molecule has 0 saturated heterocycles. The van der Waals surface area contributed by atoms with Crippen molar-refractivity contribution in [3.63, 3.8) is 0 Å². The molecule has 1 N–H and O–H groups in total. The maximum Gasteiger partial charge on any atom is 0.0544 e. The number of hydrogen-bond donors (Lipinski definition) is 1. The second-order valence-corrected chi connectivity index (χ2v) is 9.88. The zero-order valence-electron chi connectivity index (χ0n) is 19.4. The van der Waals surface area contributed by atoms with Crippen LogP contribution in [0.1, 0.15) is 25.0 Å². The molecule has 0 aliphatic heterocycles. The lowest BCUT2D eigenvalue weighted by Gasteiger charge is -2.21. The van der Waals surface area contributed by atoms with Crippen LogP contribution in [-0.2, 0) is 5.41 Å². The van der Waals surface area contributed by atoms with Crippen LogP contribution in [0.3, 0.4) is 0 Å². The van der Waals surface area contributed by atoms with Gasteiger partial charge in [0.25, 0.3) is 0 Å². The summed E-state index contributed by atoms with van der Waals surface area (Å²) in [4.78, 5) is 3.67. The smallest absolute Gasteiger partial charge is 0.0544 e. The van der Waals surface area contributed by atoms with E-state index in [2.05, 4.69) is 128 Å². The van der Waals surface area contributed by atoms with Gasteiger partial charge < -0.3 is 4.98 Å². The summed E-state index contributed by atoms with van der Waals surface area (Å²) in [5, 5.41) is 2.55. The highest BCUT2D eigenvalue weighted by Gasteiger charge is 2.36. The highest BCUT2D eigenvalue weighted by Crippen LogP contribution is 2.52. The lowest BCUT2D eigenvalue weighted by Crippen LogP contribution is -2.14. The number of fused-ring (bicyclic) bond motifs is 6. The normalized spacial score (nSPS) is 13.8. The van der Waals surface area contributed by atoms with Gasteiger partial charge in [-0.2, -0.15) is 0 Å². The molecule has 1 aromatic heterocycles. The second-order valence-electron chi connectivity index (χ2n) is 9.88. The van der Waals surface area contributed by atoms with E-state index in [1.165, 1.54) is 66.3 Å². The molecule has 1 heteroatoms. The summed E-state index contributed by atoms with van der Waals surface area (Å²) in [6.07, 6.45) is 0. The molecule has 1 aliphatic carbocycles. The molecule has 0 bridgehead atoms. The van der Waals surface area contributed by atoms with Gasteiger partial charge in [0.2, 0.25) is 0 Å². The van der Waals surface area contributed by atoms with Crippen LogP contribution < -0.4 is 0 Å². The summed E-state index contributed by atoms with van der Waals surface area (Å²) in [5.41, 5.74) is 13.0. The Morgan fingerprint density at radius 1 is 0.529 bits per heavy atom. The first-order chi connectivity index (χ1) is 16.6. The Balaban J connectivity index is 1.45. The molecule has 0 fully saturated rings. The number of nitrogens with one attached hydrogen (secondary N) is 1. The molecule has 0 radical (unpaired) electrons. The van der Waals surface area contributed by atoms with E-state index < -0.39 is 0 Å². The van der Waals surface area contributed by atoms with Gasteiger partial charge in [-0.25, -0.2) is 0 Å². The van der Waals surface area contributed by atoms with Crippen LogP contribution in [0, 0.1) is 0 Å². The first-order valence-corrected chi connectivity index (χ1v) is 12.0. The van der Waals surface area contributed by atoms with Gasteiger partial charge in [0.15, 0.2) is 0 Å². The predicted molar refractivity (Wildman–Crippen MR) is 144 cm³/mol. The van der Waals surface area contributed by atoms with E-state index in [1.54, 1.807) is 0 Å². The second kappa shape index (κ2) is 6.95. The maximum atomic E-state index is 3.67. The van der Waals surface area contributed by atoms with Crippen molar-refractivity contribution in [2.75, 3.05) is 0 Å². The highest BCUT2D eigenvalue weighted by molar-refractivity contribution is 6.12. The average molecular weight is 436 g/mol. The lowest BCUT2D eigenvalue weighted by molar-refractivity contribution is 0.660. The summed E-state index contributed by atoms with van der Waals surface area (Å²) < 4.78 is 0. The number of aromatic amines is 1. The number of H-pyrrole nitrogens is 1. The molecule has 1 nitrogen and oxygen atoms in total. The fourth-order valence-corrected chi connectivity index (χ4v) is 5.96. The standard InChI is InChI=1S/C33H25N/c1-33(2)28-17-5-3-13-27(28)31-23(14-9-18-29(31)33)21-10-7-11-22(20-21)24-15-8-16-26-25-12-4-6-19-30(25)34-32(24)26/h3-20,34H,1-2H3. The third kappa shape index (κ3) is 2.61. The van der Waals surface area contributed by atoms with Crippen LogP contribution in [-0.4, -0.2) is 4.98 Å². The zero-order valence-corrected chi connectivity index (χ0v) is 19.4. The van der Waals surface area contributed by atoms with Crippen LogP contribution in [0.4, 0.5) is 0 Å². The van der Waals surface area contributed by atoms with Crippen LogP contribution in [0.25, 0.3) is 55.2 Å². The van der Waals surface area contributed by atoms with Crippen molar-refractivity contribution in [3.8, 4) is 33.4 Å². The Kier molecular flexibility index (Phi) is 3.96. The monoisotopic (exact) mass is 435 g/mol. The predicted octanol–water partition coefficient (Wildman–Crippen LogP) is 8.96. The summed E-state index contributed by atoms with van der Waals surface area (Å²) in [7, 11) is 0. The van der Waals surface area contributed by atoms with Crippen LogP contribution in [0.15, 0.2) is 109 Å². The molecule has 0 atom stereocenters. The van der Waals surface area contributed by atoms with E-state index in [9.17, 15) is 0 Å². The van der Waals surface area contributed by atoms with E-state index in [1.807, 2.05) is 0 Å². The Hall–Kier alpha value is -4.10. The molecule has 1 heterocycles. The third-order valence-corrected chi connectivity index (χ3v) is 7.63.